The molecule has 29 heavy (non-hydrogen) atoms. The lowest BCUT2D eigenvalue weighted by molar-refractivity contribution is 0.0954. The molecule has 1 amide bonds. The monoisotopic (exact) mass is 455 g/mol. The molecule has 1 heterocycles. The average Bonchev–Trinajstić information content (AvgIpc) is 3.08. The summed E-state index contributed by atoms with van der Waals surface area (Å²) in [5.74, 6) is 0.999. The molecule has 0 spiro atoms. The molecule has 4 nitrogen and oxygen atoms in total. The lowest BCUT2D eigenvalue weighted by Gasteiger charge is -2.10. The van der Waals surface area contributed by atoms with Gasteiger partial charge in [-0.2, -0.15) is 0 Å². The number of amides is 1. The van der Waals surface area contributed by atoms with E-state index in [4.69, 9.17) is 4.98 Å². The van der Waals surface area contributed by atoms with Crippen LogP contribution in [0, 0.1) is 0 Å². The van der Waals surface area contributed by atoms with Gasteiger partial charge >= 0.3 is 0 Å². The SMILES string of the molecule is CCCCCCCCn1c(CCNC(=O)c2cccc(Br)c2)nc2ccccc21. The fourth-order valence-electron chi connectivity index (χ4n) is 3.64. The Bertz CT molecular complexity index is 935. The van der Waals surface area contributed by atoms with Crippen molar-refractivity contribution in [1.29, 1.82) is 0 Å². The summed E-state index contributed by atoms with van der Waals surface area (Å²) in [6.07, 6.45) is 8.39. The zero-order valence-electron chi connectivity index (χ0n) is 17.2. The number of aryl methyl sites for hydroxylation is 1. The van der Waals surface area contributed by atoms with E-state index in [9.17, 15) is 4.79 Å². The highest BCUT2D eigenvalue weighted by Crippen LogP contribution is 2.18. The van der Waals surface area contributed by atoms with Crippen molar-refractivity contribution in [3.8, 4) is 0 Å². The van der Waals surface area contributed by atoms with Gasteiger partial charge in [-0.05, 0) is 36.8 Å². The topological polar surface area (TPSA) is 46.9 Å². The van der Waals surface area contributed by atoms with Gasteiger partial charge in [-0.1, -0.05) is 73.2 Å². The third-order valence-corrected chi connectivity index (χ3v) is 5.68. The minimum absolute atomic E-state index is 0.0510. The smallest absolute Gasteiger partial charge is 0.251 e. The van der Waals surface area contributed by atoms with Gasteiger partial charge in [-0.3, -0.25) is 4.79 Å². The second-order valence-electron chi connectivity index (χ2n) is 7.45. The number of carbonyl (C=O) groups is 1. The Balaban J connectivity index is 1.60. The van der Waals surface area contributed by atoms with E-state index in [1.807, 2.05) is 30.3 Å². The number of benzene rings is 2. The number of halogens is 1. The number of fused-ring (bicyclic) bond motifs is 1. The van der Waals surface area contributed by atoms with Crippen LogP contribution in [0.5, 0.6) is 0 Å². The summed E-state index contributed by atoms with van der Waals surface area (Å²) in [4.78, 5) is 17.2. The first-order valence-electron chi connectivity index (χ1n) is 10.7. The van der Waals surface area contributed by atoms with Crippen LogP contribution in [-0.2, 0) is 13.0 Å². The predicted octanol–water partition coefficient (Wildman–Crippen LogP) is 6.13. The third kappa shape index (κ3) is 6.17. The number of rotatable bonds is 11. The summed E-state index contributed by atoms with van der Waals surface area (Å²) in [6.45, 7) is 3.81. The molecular weight excluding hydrogens is 426 g/mol. The van der Waals surface area contributed by atoms with Gasteiger partial charge in [0.05, 0.1) is 11.0 Å². The van der Waals surface area contributed by atoms with Gasteiger partial charge in [0.25, 0.3) is 5.91 Å². The Labute approximate surface area is 181 Å². The molecule has 0 fully saturated rings. The molecule has 0 aliphatic carbocycles. The van der Waals surface area contributed by atoms with Crippen LogP contribution in [0.1, 0.15) is 61.6 Å². The van der Waals surface area contributed by atoms with Gasteiger partial charge < -0.3 is 9.88 Å². The van der Waals surface area contributed by atoms with Crippen LogP contribution in [0.4, 0.5) is 0 Å². The molecule has 0 radical (unpaired) electrons. The summed E-state index contributed by atoms with van der Waals surface area (Å²) in [7, 11) is 0. The van der Waals surface area contributed by atoms with E-state index in [1.54, 1.807) is 0 Å². The van der Waals surface area contributed by atoms with Gasteiger partial charge in [0, 0.05) is 29.5 Å². The minimum Gasteiger partial charge on any atom is -0.352 e. The molecule has 0 bridgehead atoms. The largest absolute Gasteiger partial charge is 0.352 e. The van der Waals surface area contributed by atoms with Crippen molar-refractivity contribution in [1.82, 2.24) is 14.9 Å². The van der Waals surface area contributed by atoms with Crippen molar-refractivity contribution in [2.24, 2.45) is 0 Å². The molecule has 0 atom stereocenters. The molecule has 0 unspecified atom stereocenters. The van der Waals surface area contributed by atoms with E-state index < -0.39 is 0 Å². The summed E-state index contributed by atoms with van der Waals surface area (Å²) in [6, 6.07) is 15.8. The maximum Gasteiger partial charge on any atom is 0.251 e. The van der Waals surface area contributed by atoms with E-state index in [1.165, 1.54) is 44.0 Å². The standard InChI is InChI=1S/C24H30BrN3O/c1-2-3-4-5-6-9-17-28-22-14-8-7-13-21(22)27-23(28)15-16-26-24(29)19-11-10-12-20(25)18-19/h7-8,10-14,18H,2-6,9,15-17H2,1H3,(H,26,29). The first kappa shape index (κ1) is 21.6. The third-order valence-electron chi connectivity index (χ3n) is 5.19. The van der Waals surface area contributed by atoms with Crippen LogP contribution in [0.25, 0.3) is 11.0 Å². The zero-order valence-corrected chi connectivity index (χ0v) is 18.7. The normalized spacial score (nSPS) is 11.1. The van der Waals surface area contributed by atoms with Crippen molar-refractivity contribution in [2.45, 2.75) is 58.4 Å². The van der Waals surface area contributed by atoms with Crippen molar-refractivity contribution in [3.05, 3.63) is 64.4 Å². The van der Waals surface area contributed by atoms with E-state index >= 15 is 0 Å². The lowest BCUT2D eigenvalue weighted by Crippen LogP contribution is -2.26. The van der Waals surface area contributed by atoms with Gasteiger partial charge in [-0.25, -0.2) is 4.98 Å². The summed E-state index contributed by atoms with van der Waals surface area (Å²) in [5, 5.41) is 3.02. The molecule has 0 saturated carbocycles. The molecule has 3 aromatic rings. The van der Waals surface area contributed by atoms with Gasteiger partial charge in [0.2, 0.25) is 0 Å². The molecule has 5 heteroatoms. The number of imidazole rings is 1. The summed E-state index contributed by atoms with van der Waals surface area (Å²) < 4.78 is 3.24. The van der Waals surface area contributed by atoms with Crippen LogP contribution >= 0.6 is 15.9 Å². The van der Waals surface area contributed by atoms with E-state index in [0.717, 1.165) is 28.8 Å². The molecule has 1 N–H and O–H groups in total. The van der Waals surface area contributed by atoms with Gasteiger partial charge in [-0.15, -0.1) is 0 Å². The average molecular weight is 456 g/mol. The number of hydrogen-bond acceptors (Lipinski definition) is 2. The van der Waals surface area contributed by atoms with Crippen molar-refractivity contribution >= 4 is 32.9 Å². The highest BCUT2D eigenvalue weighted by molar-refractivity contribution is 9.10. The van der Waals surface area contributed by atoms with Crippen molar-refractivity contribution in [3.63, 3.8) is 0 Å². The first-order valence-corrected chi connectivity index (χ1v) is 11.5. The highest BCUT2D eigenvalue weighted by atomic mass is 79.9. The Morgan fingerprint density at radius 1 is 1.03 bits per heavy atom. The lowest BCUT2D eigenvalue weighted by atomic mass is 10.1. The fourth-order valence-corrected chi connectivity index (χ4v) is 4.03. The van der Waals surface area contributed by atoms with Gasteiger partial charge in [0.15, 0.2) is 0 Å². The maximum atomic E-state index is 12.4. The van der Waals surface area contributed by atoms with Crippen LogP contribution in [0.2, 0.25) is 0 Å². The maximum absolute atomic E-state index is 12.4. The molecule has 0 aliphatic heterocycles. The number of unbranched alkanes of at least 4 members (excludes halogenated alkanes) is 5. The molecule has 154 valence electrons. The fraction of sp³-hybridized carbons (Fsp3) is 0.417. The zero-order chi connectivity index (χ0) is 20.5. The first-order chi connectivity index (χ1) is 14.2. The molecule has 1 aromatic heterocycles. The highest BCUT2D eigenvalue weighted by Gasteiger charge is 2.11. The van der Waals surface area contributed by atoms with Crippen molar-refractivity contribution in [2.75, 3.05) is 6.54 Å². The predicted molar refractivity (Wildman–Crippen MR) is 123 cm³/mol. The van der Waals surface area contributed by atoms with E-state index in [-0.39, 0.29) is 5.91 Å². The van der Waals surface area contributed by atoms with Crippen LogP contribution < -0.4 is 5.32 Å². The van der Waals surface area contributed by atoms with E-state index in [2.05, 4.69) is 50.9 Å². The second kappa shape index (κ2) is 11.1. The number of aromatic nitrogens is 2. The molecular formula is C24H30BrN3O. The minimum atomic E-state index is -0.0510. The molecule has 2 aromatic carbocycles. The Morgan fingerprint density at radius 3 is 2.66 bits per heavy atom. The number of nitrogens with one attached hydrogen (secondary N) is 1. The summed E-state index contributed by atoms with van der Waals surface area (Å²) in [5.41, 5.74) is 2.89. The quantitative estimate of drug-likeness (QED) is 0.353. The number of carbonyl (C=O) groups excluding carboxylic acids is 1. The van der Waals surface area contributed by atoms with E-state index in [0.29, 0.717) is 12.1 Å². The summed E-state index contributed by atoms with van der Waals surface area (Å²) >= 11 is 3.41. The van der Waals surface area contributed by atoms with Crippen LogP contribution in [0.15, 0.2) is 53.0 Å². The Hall–Kier alpha value is -2.14. The van der Waals surface area contributed by atoms with Crippen LogP contribution in [-0.4, -0.2) is 22.0 Å². The Morgan fingerprint density at radius 2 is 1.83 bits per heavy atom. The molecule has 0 saturated heterocycles. The molecule has 3 rings (SSSR count). The number of para-hydroxylation sites is 2. The molecule has 0 aliphatic rings. The number of nitrogens with zero attached hydrogens (tertiary/aromatic N) is 2. The van der Waals surface area contributed by atoms with Gasteiger partial charge in [0.1, 0.15) is 5.82 Å². The van der Waals surface area contributed by atoms with Crippen LogP contribution in [0.3, 0.4) is 0 Å². The second-order valence-corrected chi connectivity index (χ2v) is 8.37. The van der Waals surface area contributed by atoms with Crippen molar-refractivity contribution < 1.29 is 4.79 Å². The Kier molecular flexibility index (Phi) is 8.29. The number of hydrogen-bond donors (Lipinski definition) is 1.